The van der Waals surface area contributed by atoms with Crippen molar-refractivity contribution in [1.29, 1.82) is 0 Å². The van der Waals surface area contributed by atoms with Gasteiger partial charge in [-0.2, -0.15) is 0 Å². The molecular formula is C15H24N4O. The Morgan fingerprint density at radius 1 is 1.45 bits per heavy atom. The molecular weight excluding hydrogens is 252 g/mol. The third kappa shape index (κ3) is 3.46. The van der Waals surface area contributed by atoms with E-state index in [0.29, 0.717) is 5.92 Å². The molecule has 20 heavy (non-hydrogen) atoms. The third-order valence-electron chi connectivity index (χ3n) is 3.82. The van der Waals surface area contributed by atoms with Crippen molar-refractivity contribution in [3.05, 3.63) is 18.1 Å². The molecule has 1 aliphatic rings. The van der Waals surface area contributed by atoms with E-state index >= 15 is 0 Å². The highest BCUT2D eigenvalue weighted by Gasteiger charge is 2.26. The zero-order valence-electron chi connectivity index (χ0n) is 12.6. The Hall–Kier alpha value is -1.65. The highest BCUT2D eigenvalue weighted by atomic mass is 16.2. The molecule has 1 fully saturated rings. The maximum Gasteiger partial charge on any atom is 0.225 e. The number of hydrogen-bond acceptors (Lipinski definition) is 4. The molecule has 0 radical (unpaired) electrons. The molecule has 1 aromatic rings. The van der Waals surface area contributed by atoms with E-state index in [4.69, 9.17) is 0 Å². The van der Waals surface area contributed by atoms with Crippen LogP contribution >= 0.6 is 0 Å². The van der Waals surface area contributed by atoms with Crippen molar-refractivity contribution in [2.24, 2.45) is 11.8 Å². The molecule has 0 bridgehead atoms. The summed E-state index contributed by atoms with van der Waals surface area (Å²) in [5, 5.41) is 3.08. The number of likely N-dealkylation sites (tertiary alicyclic amines) is 1. The van der Waals surface area contributed by atoms with Gasteiger partial charge >= 0.3 is 0 Å². The van der Waals surface area contributed by atoms with Gasteiger partial charge in [-0.1, -0.05) is 13.8 Å². The Morgan fingerprint density at radius 3 is 2.90 bits per heavy atom. The maximum atomic E-state index is 12.1. The van der Waals surface area contributed by atoms with Crippen LogP contribution in [0.4, 0.5) is 5.82 Å². The van der Waals surface area contributed by atoms with Crippen LogP contribution in [0.5, 0.6) is 0 Å². The minimum absolute atomic E-state index is 0.0816. The first kappa shape index (κ1) is 14.8. The molecule has 0 aliphatic carbocycles. The summed E-state index contributed by atoms with van der Waals surface area (Å²) in [6, 6.07) is 0. The van der Waals surface area contributed by atoms with Gasteiger partial charge in [-0.15, -0.1) is 0 Å². The summed E-state index contributed by atoms with van der Waals surface area (Å²) >= 11 is 0. The summed E-state index contributed by atoms with van der Waals surface area (Å²) in [4.78, 5) is 22.8. The quantitative estimate of drug-likeness (QED) is 0.913. The first-order valence-corrected chi connectivity index (χ1v) is 7.38. The maximum absolute atomic E-state index is 12.1. The van der Waals surface area contributed by atoms with Crippen molar-refractivity contribution < 1.29 is 4.79 Å². The summed E-state index contributed by atoms with van der Waals surface area (Å²) in [6.07, 6.45) is 6.55. The van der Waals surface area contributed by atoms with Crippen molar-refractivity contribution in [1.82, 2.24) is 14.9 Å². The molecule has 1 aliphatic heterocycles. The van der Waals surface area contributed by atoms with Gasteiger partial charge in [-0.25, -0.2) is 4.98 Å². The Morgan fingerprint density at radius 2 is 2.20 bits per heavy atom. The molecule has 1 aromatic heterocycles. The van der Waals surface area contributed by atoms with Crippen molar-refractivity contribution in [3.63, 3.8) is 0 Å². The first-order valence-electron chi connectivity index (χ1n) is 7.38. The number of carbonyl (C=O) groups is 1. The van der Waals surface area contributed by atoms with Crippen molar-refractivity contribution in [2.75, 3.05) is 25.5 Å². The molecule has 1 N–H and O–H groups in total. The van der Waals surface area contributed by atoms with Crippen LogP contribution in [0.3, 0.4) is 0 Å². The lowest BCUT2D eigenvalue weighted by Gasteiger charge is -2.34. The molecule has 1 atom stereocenters. The molecule has 5 nitrogen and oxygen atoms in total. The lowest BCUT2D eigenvalue weighted by Crippen LogP contribution is -2.42. The Balaban J connectivity index is 2.01. The number of piperidine rings is 1. The fraction of sp³-hybridized carbons (Fsp3) is 0.667. The Kier molecular flexibility index (Phi) is 4.93. The van der Waals surface area contributed by atoms with Crippen LogP contribution in [0.15, 0.2) is 12.4 Å². The van der Waals surface area contributed by atoms with Crippen LogP contribution in [0, 0.1) is 11.8 Å². The Labute approximate surface area is 120 Å². The fourth-order valence-electron chi connectivity index (χ4n) is 2.80. The summed E-state index contributed by atoms with van der Waals surface area (Å²) in [5.74, 6) is 1.68. The minimum Gasteiger partial charge on any atom is -0.372 e. The third-order valence-corrected chi connectivity index (χ3v) is 3.82. The van der Waals surface area contributed by atoms with Crippen LogP contribution in [0.25, 0.3) is 0 Å². The molecule has 2 rings (SSSR count). The van der Waals surface area contributed by atoms with Gasteiger partial charge in [-0.05, 0) is 25.2 Å². The standard InChI is InChI=1S/C15H24N4O/c1-11(2)15(20)19-8-4-5-12(10-19)9-13-14(16-3)18-7-6-17-13/h6-7,11-12H,4-5,8-10H2,1-3H3,(H,16,18). The predicted molar refractivity (Wildman–Crippen MR) is 79.4 cm³/mol. The van der Waals surface area contributed by atoms with E-state index in [2.05, 4.69) is 15.3 Å². The number of hydrogen-bond donors (Lipinski definition) is 1. The van der Waals surface area contributed by atoms with E-state index < -0.39 is 0 Å². The first-order chi connectivity index (χ1) is 9.61. The second kappa shape index (κ2) is 6.68. The number of rotatable bonds is 4. The van der Waals surface area contributed by atoms with Crippen LogP contribution in [-0.2, 0) is 11.2 Å². The smallest absolute Gasteiger partial charge is 0.225 e. The zero-order valence-corrected chi connectivity index (χ0v) is 12.6. The molecule has 0 aromatic carbocycles. The second-order valence-corrected chi connectivity index (χ2v) is 5.75. The Bertz CT molecular complexity index is 461. The number of carbonyl (C=O) groups excluding carboxylic acids is 1. The van der Waals surface area contributed by atoms with Gasteiger partial charge in [0.05, 0.1) is 5.69 Å². The molecule has 2 heterocycles. The van der Waals surface area contributed by atoms with E-state index in [9.17, 15) is 4.79 Å². The molecule has 5 heteroatoms. The average Bonchev–Trinajstić information content (AvgIpc) is 2.47. The predicted octanol–water partition coefficient (Wildman–Crippen LogP) is 1.96. The van der Waals surface area contributed by atoms with Crippen molar-refractivity contribution >= 4 is 11.7 Å². The summed E-state index contributed by atoms with van der Waals surface area (Å²) in [7, 11) is 1.86. The van der Waals surface area contributed by atoms with Gasteiger partial charge < -0.3 is 10.2 Å². The molecule has 1 amide bonds. The molecule has 1 unspecified atom stereocenters. The largest absolute Gasteiger partial charge is 0.372 e. The molecule has 1 saturated heterocycles. The summed E-state index contributed by atoms with van der Waals surface area (Å²) in [6.45, 7) is 5.67. The average molecular weight is 276 g/mol. The highest BCUT2D eigenvalue weighted by molar-refractivity contribution is 5.78. The van der Waals surface area contributed by atoms with Crippen LogP contribution in [0.2, 0.25) is 0 Å². The van der Waals surface area contributed by atoms with Crippen molar-refractivity contribution in [2.45, 2.75) is 33.1 Å². The van der Waals surface area contributed by atoms with Gasteiger partial charge in [-0.3, -0.25) is 9.78 Å². The summed E-state index contributed by atoms with van der Waals surface area (Å²) < 4.78 is 0. The molecule has 110 valence electrons. The van der Waals surface area contributed by atoms with Gasteiger partial charge in [0, 0.05) is 38.4 Å². The van der Waals surface area contributed by atoms with Crippen molar-refractivity contribution in [3.8, 4) is 0 Å². The monoisotopic (exact) mass is 276 g/mol. The summed E-state index contributed by atoms with van der Waals surface area (Å²) in [5.41, 5.74) is 0.999. The number of nitrogens with zero attached hydrogens (tertiary/aromatic N) is 3. The SMILES string of the molecule is CNc1nccnc1CC1CCCN(C(=O)C(C)C)C1. The van der Waals surface area contributed by atoms with Gasteiger partial charge in [0.2, 0.25) is 5.91 Å². The highest BCUT2D eigenvalue weighted by Crippen LogP contribution is 2.23. The van der Waals surface area contributed by atoms with E-state index in [-0.39, 0.29) is 11.8 Å². The van der Waals surface area contributed by atoms with Crippen LogP contribution < -0.4 is 5.32 Å². The number of aromatic nitrogens is 2. The van der Waals surface area contributed by atoms with Gasteiger partial charge in [0.1, 0.15) is 5.82 Å². The topological polar surface area (TPSA) is 58.1 Å². The number of amides is 1. The molecule has 0 spiro atoms. The lowest BCUT2D eigenvalue weighted by atomic mass is 9.92. The van der Waals surface area contributed by atoms with Crippen LogP contribution in [0.1, 0.15) is 32.4 Å². The fourth-order valence-corrected chi connectivity index (χ4v) is 2.80. The number of nitrogens with one attached hydrogen (secondary N) is 1. The van der Waals surface area contributed by atoms with E-state index in [0.717, 1.165) is 43.9 Å². The van der Waals surface area contributed by atoms with Gasteiger partial charge in [0.25, 0.3) is 0 Å². The zero-order chi connectivity index (χ0) is 14.5. The van der Waals surface area contributed by atoms with E-state index in [1.165, 1.54) is 0 Å². The van der Waals surface area contributed by atoms with Gasteiger partial charge in [0.15, 0.2) is 0 Å². The number of anilines is 1. The molecule has 0 saturated carbocycles. The minimum atomic E-state index is 0.0816. The van der Waals surface area contributed by atoms with E-state index in [1.807, 2.05) is 25.8 Å². The van der Waals surface area contributed by atoms with E-state index in [1.54, 1.807) is 12.4 Å². The van der Waals surface area contributed by atoms with Crippen LogP contribution in [-0.4, -0.2) is 40.9 Å². The second-order valence-electron chi connectivity index (χ2n) is 5.75. The lowest BCUT2D eigenvalue weighted by molar-refractivity contribution is -0.136. The normalized spacial score (nSPS) is 19.2.